The van der Waals surface area contributed by atoms with E-state index in [1.165, 1.54) is 6.92 Å². The molecule has 1 atom stereocenters. The molecular weight excluding hydrogens is 180 g/mol. The molecule has 79 valence electrons. The number of hydroxylamine groups is 2. The van der Waals surface area contributed by atoms with Gasteiger partial charge in [-0.05, 0) is 34.6 Å². The first-order chi connectivity index (χ1) is 6.20. The van der Waals surface area contributed by atoms with Crippen LogP contribution < -0.4 is 0 Å². The molecule has 4 heteroatoms. The van der Waals surface area contributed by atoms with Crippen molar-refractivity contribution in [1.82, 2.24) is 5.06 Å². The van der Waals surface area contributed by atoms with E-state index in [9.17, 15) is 10.0 Å². The molecule has 1 unspecified atom stereocenters. The quantitative estimate of drug-likeness (QED) is 0.675. The maximum Gasteiger partial charge on any atom is 0.143 e. The van der Waals surface area contributed by atoms with Crippen LogP contribution in [0.15, 0.2) is 4.99 Å². The number of hydrogen-bond acceptors (Lipinski definition) is 3. The van der Waals surface area contributed by atoms with E-state index in [1.807, 2.05) is 20.8 Å². The molecule has 14 heavy (non-hydrogen) atoms. The Hall–Kier alpha value is -0.740. The molecule has 1 aliphatic heterocycles. The maximum atomic E-state index is 11.9. The van der Waals surface area contributed by atoms with Crippen LogP contribution in [0.2, 0.25) is 0 Å². The third-order valence-electron chi connectivity index (χ3n) is 2.82. The van der Waals surface area contributed by atoms with E-state index in [1.54, 1.807) is 6.92 Å². The summed E-state index contributed by atoms with van der Waals surface area (Å²) in [6.45, 7) is 8.67. The molecule has 1 heterocycles. The van der Waals surface area contributed by atoms with Crippen LogP contribution in [0.4, 0.5) is 0 Å². The lowest BCUT2D eigenvalue weighted by Gasteiger charge is -2.32. The molecule has 0 saturated carbocycles. The summed E-state index contributed by atoms with van der Waals surface area (Å²) in [5.41, 5.74) is -0.708. The highest BCUT2D eigenvalue weighted by molar-refractivity contribution is 5.93. The maximum absolute atomic E-state index is 11.9. The second-order valence-electron chi connectivity index (χ2n) is 4.65. The largest absolute Gasteiger partial charge is 0.300 e. The molecule has 4 nitrogen and oxygen atoms in total. The van der Waals surface area contributed by atoms with Gasteiger partial charge in [0.1, 0.15) is 11.4 Å². The van der Waals surface area contributed by atoms with E-state index in [2.05, 4.69) is 4.99 Å². The Morgan fingerprint density at radius 3 is 2.21 bits per heavy atom. The highest BCUT2D eigenvalue weighted by atomic mass is 16.5. The Balaban J connectivity index is 3.00. The lowest BCUT2D eigenvalue weighted by molar-refractivity contribution is -0.246. The van der Waals surface area contributed by atoms with Crippen LogP contribution in [0, 0.1) is 0 Å². The van der Waals surface area contributed by atoms with Gasteiger partial charge < -0.3 is 0 Å². The van der Waals surface area contributed by atoms with E-state index in [4.69, 9.17) is 0 Å². The lowest BCUT2D eigenvalue weighted by Crippen LogP contribution is -2.50. The highest BCUT2D eigenvalue weighted by Crippen LogP contribution is 2.35. The lowest BCUT2D eigenvalue weighted by atomic mass is 9.99. The third-order valence-corrected chi connectivity index (χ3v) is 2.82. The monoisotopic (exact) mass is 197 g/mol. The fourth-order valence-electron chi connectivity index (χ4n) is 1.88. The molecule has 0 saturated heterocycles. The Kier molecular flexibility index (Phi) is 2.54. The van der Waals surface area contributed by atoms with Gasteiger partial charge in [0.15, 0.2) is 0 Å². The van der Waals surface area contributed by atoms with Gasteiger partial charge in [-0.15, -0.1) is 10.3 Å². The van der Waals surface area contributed by atoms with Crippen LogP contribution in [0.5, 0.6) is 0 Å². The predicted molar refractivity (Wildman–Crippen MR) is 53.4 cm³/mol. The van der Waals surface area contributed by atoms with Crippen molar-refractivity contribution >= 4 is 11.5 Å². The summed E-state index contributed by atoms with van der Waals surface area (Å²) in [6.07, 6.45) is 0.178. The van der Waals surface area contributed by atoms with Crippen LogP contribution in [0.25, 0.3) is 0 Å². The van der Waals surface area contributed by atoms with Crippen LogP contribution in [0.1, 0.15) is 41.0 Å². The summed E-state index contributed by atoms with van der Waals surface area (Å²) in [5.74, 6) is -0.0115. The standard InChI is InChI=1S/C10H17N2O2/c1-7(13)6-10(5)11-8(2)9(3,4)12(10)14/h6H2,1-5H3. The number of rotatable bonds is 2. The van der Waals surface area contributed by atoms with Crippen LogP contribution in [0.3, 0.4) is 0 Å². The van der Waals surface area contributed by atoms with Crippen molar-refractivity contribution < 1.29 is 10.0 Å². The zero-order chi connectivity index (χ0) is 11.1. The van der Waals surface area contributed by atoms with Crippen LogP contribution in [-0.2, 0) is 10.0 Å². The van der Waals surface area contributed by atoms with Crippen molar-refractivity contribution in [3.05, 3.63) is 0 Å². The third kappa shape index (κ3) is 1.60. The van der Waals surface area contributed by atoms with Crippen molar-refractivity contribution in [2.75, 3.05) is 0 Å². The first-order valence-corrected chi connectivity index (χ1v) is 4.74. The Morgan fingerprint density at radius 2 is 1.93 bits per heavy atom. The second-order valence-corrected chi connectivity index (χ2v) is 4.65. The second kappa shape index (κ2) is 3.14. The van der Waals surface area contributed by atoms with Crippen molar-refractivity contribution in [3.63, 3.8) is 0 Å². The van der Waals surface area contributed by atoms with E-state index < -0.39 is 11.2 Å². The normalized spacial score (nSPS) is 31.7. The van der Waals surface area contributed by atoms with Crippen LogP contribution in [-0.4, -0.2) is 27.8 Å². The van der Waals surface area contributed by atoms with Crippen molar-refractivity contribution in [2.24, 2.45) is 4.99 Å². The Morgan fingerprint density at radius 1 is 1.43 bits per heavy atom. The Labute approximate surface area is 84.6 Å². The molecule has 1 radical (unpaired) electrons. The molecule has 0 aromatic heterocycles. The summed E-state index contributed by atoms with van der Waals surface area (Å²) < 4.78 is 0. The molecule has 0 amide bonds. The van der Waals surface area contributed by atoms with Crippen LogP contribution >= 0.6 is 0 Å². The zero-order valence-electron chi connectivity index (χ0n) is 9.42. The topological polar surface area (TPSA) is 52.6 Å². The fraction of sp³-hybridized carbons (Fsp3) is 0.800. The zero-order valence-corrected chi connectivity index (χ0v) is 9.42. The van der Waals surface area contributed by atoms with E-state index in [-0.39, 0.29) is 12.2 Å². The SMILES string of the molecule is CC(=O)CC1(C)N=C(C)C(C)(C)N1[O]. The molecule has 0 fully saturated rings. The van der Waals surface area contributed by atoms with Crippen molar-refractivity contribution in [1.29, 1.82) is 0 Å². The number of hydrogen-bond donors (Lipinski definition) is 0. The first kappa shape index (κ1) is 11.3. The minimum Gasteiger partial charge on any atom is -0.300 e. The minimum atomic E-state index is -0.903. The average Bonchev–Trinajstić information content (AvgIpc) is 2.12. The molecule has 0 bridgehead atoms. The summed E-state index contributed by atoms with van der Waals surface area (Å²) in [7, 11) is 0. The van der Waals surface area contributed by atoms with E-state index in [0.29, 0.717) is 0 Å². The number of nitrogens with zero attached hydrogens (tertiary/aromatic N) is 2. The number of Topliss-reactive ketones (excluding diaryl/α,β-unsaturated/α-hetero) is 1. The number of ketones is 1. The van der Waals surface area contributed by atoms with Gasteiger partial charge in [-0.1, -0.05) is 0 Å². The van der Waals surface area contributed by atoms with Crippen molar-refractivity contribution in [2.45, 2.75) is 52.2 Å². The molecule has 0 aromatic rings. The number of carbonyl (C=O) groups excluding carboxylic acids is 1. The molecule has 0 spiro atoms. The Bertz CT molecular complexity index is 296. The van der Waals surface area contributed by atoms with Gasteiger partial charge in [0.05, 0.1) is 5.54 Å². The summed E-state index contributed by atoms with van der Waals surface area (Å²) in [5, 5.41) is 12.9. The van der Waals surface area contributed by atoms with Gasteiger partial charge in [0.2, 0.25) is 0 Å². The number of carbonyl (C=O) groups is 1. The fourth-order valence-corrected chi connectivity index (χ4v) is 1.88. The van der Waals surface area contributed by atoms with Crippen molar-refractivity contribution in [3.8, 4) is 0 Å². The van der Waals surface area contributed by atoms with Gasteiger partial charge in [0.25, 0.3) is 0 Å². The van der Waals surface area contributed by atoms with Gasteiger partial charge in [0, 0.05) is 12.1 Å². The molecule has 1 aliphatic rings. The molecule has 0 aliphatic carbocycles. The molecule has 0 aromatic carbocycles. The van der Waals surface area contributed by atoms with Gasteiger partial charge in [-0.25, -0.2) is 0 Å². The minimum absolute atomic E-state index is 0.0115. The smallest absolute Gasteiger partial charge is 0.143 e. The molecular formula is C10H17N2O2. The molecule has 1 rings (SSSR count). The van der Waals surface area contributed by atoms with Gasteiger partial charge in [-0.3, -0.25) is 9.79 Å². The average molecular weight is 197 g/mol. The van der Waals surface area contributed by atoms with E-state index in [0.717, 1.165) is 10.8 Å². The van der Waals surface area contributed by atoms with Gasteiger partial charge >= 0.3 is 0 Å². The summed E-state index contributed by atoms with van der Waals surface area (Å²) >= 11 is 0. The van der Waals surface area contributed by atoms with Gasteiger partial charge in [-0.2, -0.15) is 0 Å². The predicted octanol–water partition coefficient (Wildman–Crippen LogP) is 1.58. The first-order valence-electron chi connectivity index (χ1n) is 4.74. The number of aliphatic imine (C=N–C) groups is 1. The van der Waals surface area contributed by atoms with E-state index >= 15 is 0 Å². The summed E-state index contributed by atoms with van der Waals surface area (Å²) in [6, 6.07) is 0. The highest BCUT2D eigenvalue weighted by Gasteiger charge is 2.49. The molecule has 0 N–H and O–H groups in total. The summed E-state index contributed by atoms with van der Waals surface area (Å²) in [4.78, 5) is 15.3.